The largest absolute Gasteiger partial charge is 0.359 e. The van der Waals surface area contributed by atoms with Crippen LogP contribution < -0.4 is 0 Å². The third-order valence-corrected chi connectivity index (χ3v) is 4.68. The molecule has 0 saturated carbocycles. The number of rotatable bonds is 1. The summed E-state index contributed by atoms with van der Waals surface area (Å²) < 4.78 is 0. The van der Waals surface area contributed by atoms with Crippen LogP contribution in [0.1, 0.15) is 5.56 Å². The van der Waals surface area contributed by atoms with Crippen molar-refractivity contribution in [3.05, 3.63) is 72.4 Å². The predicted molar refractivity (Wildman–Crippen MR) is 97.8 cm³/mol. The number of H-pyrrole nitrogens is 2. The highest BCUT2D eigenvalue weighted by Crippen LogP contribution is 2.33. The zero-order valence-corrected chi connectivity index (χ0v) is 12.9. The predicted octanol–water partition coefficient (Wildman–Crippen LogP) is 5.78. The van der Waals surface area contributed by atoms with E-state index in [-0.39, 0.29) is 0 Å². The molecule has 0 fully saturated rings. The van der Waals surface area contributed by atoms with Gasteiger partial charge in [-0.2, -0.15) is 0 Å². The maximum atomic E-state index is 3.56. The number of aromatic amines is 2. The Morgan fingerprint density at radius 3 is 2.39 bits per heavy atom. The summed E-state index contributed by atoms with van der Waals surface area (Å²) in [4.78, 5) is 6.91. The van der Waals surface area contributed by atoms with Gasteiger partial charge in [0.2, 0.25) is 0 Å². The Morgan fingerprint density at radius 2 is 1.52 bits per heavy atom. The summed E-state index contributed by atoms with van der Waals surface area (Å²) in [6.07, 6.45) is 1.99. The number of hydrogen-bond donors (Lipinski definition) is 2. The number of aryl methyl sites for hydroxylation is 1. The van der Waals surface area contributed by atoms with Crippen LogP contribution in [-0.2, 0) is 0 Å². The number of hydrogen-bond acceptors (Lipinski definition) is 0. The lowest BCUT2D eigenvalue weighted by Gasteiger charge is -2.03. The molecule has 0 unspecified atom stereocenters. The molecule has 0 spiro atoms. The van der Waals surface area contributed by atoms with Gasteiger partial charge in [-0.05, 0) is 36.2 Å². The lowest BCUT2D eigenvalue weighted by Crippen LogP contribution is -1.78. The topological polar surface area (TPSA) is 31.6 Å². The Morgan fingerprint density at radius 1 is 0.696 bits per heavy atom. The van der Waals surface area contributed by atoms with Crippen molar-refractivity contribution in [2.75, 3.05) is 0 Å². The van der Waals surface area contributed by atoms with Gasteiger partial charge in [0.25, 0.3) is 0 Å². The van der Waals surface area contributed by atoms with Crippen molar-refractivity contribution >= 4 is 32.7 Å². The number of benzene rings is 3. The highest BCUT2D eigenvalue weighted by molar-refractivity contribution is 6.16. The van der Waals surface area contributed by atoms with Crippen molar-refractivity contribution in [1.29, 1.82) is 0 Å². The summed E-state index contributed by atoms with van der Waals surface area (Å²) in [6, 6.07) is 21.9. The van der Waals surface area contributed by atoms with Gasteiger partial charge in [-0.15, -0.1) is 0 Å². The van der Waals surface area contributed by atoms with E-state index in [4.69, 9.17) is 0 Å². The van der Waals surface area contributed by atoms with Gasteiger partial charge >= 0.3 is 0 Å². The van der Waals surface area contributed by atoms with Crippen LogP contribution in [0.3, 0.4) is 0 Å². The number of aromatic nitrogens is 2. The van der Waals surface area contributed by atoms with Crippen LogP contribution in [-0.4, -0.2) is 9.97 Å². The van der Waals surface area contributed by atoms with Gasteiger partial charge in [-0.3, -0.25) is 0 Å². The molecule has 2 heterocycles. The molecule has 0 aliphatic carbocycles. The molecule has 2 N–H and O–H groups in total. The monoisotopic (exact) mass is 296 g/mol. The van der Waals surface area contributed by atoms with Crippen molar-refractivity contribution in [3.8, 4) is 11.1 Å². The van der Waals surface area contributed by atoms with Crippen LogP contribution in [0.25, 0.3) is 43.8 Å². The van der Waals surface area contributed by atoms with Gasteiger partial charge in [0.1, 0.15) is 0 Å². The Bertz CT molecular complexity index is 1160. The summed E-state index contributed by atoms with van der Waals surface area (Å²) in [6.45, 7) is 2.12. The molecule has 0 saturated heterocycles. The van der Waals surface area contributed by atoms with E-state index in [1.165, 1.54) is 49.4 Å². The second-order valence-electron chi connectivity index (χ2n) is 6.18. The van der Waals surface area contributed by atoms with Crippen LogP contribution in [0.5, 0.6) is 0 Å². The molecule has 0 bridgehead atoms. The quantitative estimate of drug-likeness (QED) is 0.393. The molecule has 23 heavy (non-hydrogen) atoms. The fourth-order valence-electron chi connectivity index (χ4n) is 3.42. The average molecular weight is 296 g/mol. The molecule has 0 aliphatic heterocycles. The third-order valence-electron chi connectivity index (χ3n) is 4.68. The Kier molecular flexibility index (Phi) is 2.45. The molecule has 3 aromatic carbocycles. The molecule has 5 rings (SSSR count). The number of fused-ring (bicyclic) bond motifs is 5. The molecule has 2 nitrogen and oxygen atoms in total. The molecule has 2 aromatic heterocycles. The summed E-state index contributed by atoms with van der Waals surface area (Å²) in [5, 5.41) is 3.78. The van der Waals surface area contributed by atoms with Crippen molar-refractivity contribution < 1.29 is 0 Å². The lowest BCUT2D eigenvalue weighted by molar-refractivity contribution is 1.46. The SMILES string of the molecule is Cc1ccc(-c2ccc3[nH]c4c(ccc5cc[nH]c54)c3c2)cc1. The fourth-order valence-corrected chi connectivity index (χ4v) is 3.42. The normalized spacial score (nSPS) is 11.7. The lowest BCUT2D eigenvalue weighted by atomic mass is 10.0. The fraction of sp³-hybridized carbons (Fsp3) is 0.0476. The van der Waals surface area contributed by atoms with Crippen LogP contribution in [0.4, 0.5) is 0 Å². The first-order valence-corrected chi connectivity index (χ1v) is 7.88. The minimum absolute atomic E-state index is 1.18. The van der Waals surface area contributed by atoms with Crippen LogP contribution in [0.2, 0.25) is 0 Å². The first kappa shape index (κ1) is 12.5. The van der Waals surface area contributed by atoms with Crippen LogP contribution in [0, 0.1) is 6.92 Å². The van der Waals surface area contributed by atoms with Crippen LogP contribution >= 0.6 is 0 Å². The molecular formula is C21H16N2. The maximum absolute atomic E-state index is 3.56. The van der Waals surface area contributed by atoms with E-state index in [2.05, 4.69) is 77.6 Å². The molecule has 5 aromatic rings. The first-order valence-electron chi connectivity index (χ1n) is 7.88. The third kappa shape index (κ3) is 1.82. The van der Waals surface area contributed by atoms with E-state index in [0.717, 1.165) is 0 Å². The highest BCUT2D eigenvalue weighted by Gasteiger charge is 2.09. The van der Waals surface area contributed by atoms with Crippen molar-refractivity contribution in [3.63, 3.8) is 0 Å². The summed E-state index contributed by atoms with van der Waals surface area (Å²) in [5.41, 5.74) is 7.34. The van der Waals surface area contributed by atoms with E-state index < -0.39 is 0 Å². The molecular weight excluding hydrogens is 280 g/mol. The second kappa shape index (κ2) is 4.50. The maximum Gasteiger partial charge on any atom is 0.0710 e. The molecule has 2 heteroatoms. The van der Waals surface area contributed by atoms with Gasteiger partial charge in [-0.1, -0.05) is 48.0 Å². The average Bonchev–Trinajstić information content (AvgIpc) is 3.18. The minimum atomic E-state index is 1.18. The van der Waals surface area contributed by atoms with Gasteiger partial charge in [0, 0.05) is 27.9 Å². The first-order chi connectivity index (χ1) is 11.3. The van der Waals surface area contributed by atoms with Gasteiger partial charge < -0.3 is 9.97 Å². The van der Waals surface area contributed by atoms with E-state index in [0.29, 0.717) is 0 Å². The van der Waals surface area contributed by atoms with Gasteiger partial charge in [0.15, 0.2) is 0 Å². The molecule has 0 atom stereocenters. The summed E-state index contributed by atoms with van der Waals surface area (Å²) >= 11 is 0. The van der Waals surface area contributed by atoms with E-state index in [9.17, 15) is 0 Å². The van der Waals surface area contributed by atoms with Crippen molar-refractivity contribution in [2.45, 2.75) is 6.92 Å². The van der Waals surface area contributed by atoms with E-state index in [1.54, 1.807) is 0 Å². The summed E-state index contributed by atoms with van der Waals surface area (Å²) in [7, 11) is 0. The number of nitrogens with one attached hydrogen (secondary N) is 2. The smallest absolute Gasteiger partial charge is 0.0710 e. The molecule has 0 radical (unpaired) electrons. The second-order valence-corrected chi connectivity index (χ2v) is 6.18. The van der Waals surface area contributed by atoms with E-state index >= 15 is 0 Å². The molecule has 0 aliphatic rings. The van der Waals surface area contributed by atoms with Crippen LogP contribution in [0.15, 0.2) is 66.9 Å². The Balaban J connectivity index is 1.81. The Labute approximate surface area is 133 Å². The standard InChI is InChI=1S/C21H16N2/c1-13-2-4-14(5-3-13)16-7-9-19-18(12-16)17-8-6-15-10-11-22-20(15)21(17)23-19/h2-12,22-23H,1H3. The zero-order chi connectivity index (χ0) is 15.4. The van der Waals surface area contributed by atoms with E-state index in [1.807, 2.05) is 6.20 Å². The highest BCUT2D eigenvalue weighted by atomic mass is 14.8. The summed E-state index contributed by atoms with van der Waals surface area (Å²) in [5.74, 6) is 0. The van der Waals surface area contributed by atoms with Crippen molar-refractivity contribution in [1.82, 2.24) is 9.97 Å². The molecule has 110 valence electrons. The minimum Gasteiger partial charge on any atom is -0.359 e. The van der Waals surface area contributed by atoms with Crippen molar-refractivity contribution in [2.24, 2.45) is 0 Å². The Hall–Kier alpha value is -3.00. The van der Waals surface area contributed by atoms with Gasteiger partial charge in [0.05, 0.1) is 11.0 Å². The van der Waals surface area contributed by atoms with Gasteiger partial charge in [-0.25, -0.2) is 0 Å². The molecule has 0 amide bonds. The zero-order valence-electron chi connectivity index (χ0n) is 12.9.